The number of aliphatic hydroxyl groups is 1. The van der Waals surface area contributed by atoms with Gasteiger partial charge in [-0.15, -0.1) is 11.6 Å². The van der Waals surface area contributed by atoms with Gasteiger partial charge in [0.15, 0.2) is 17.1 Å². The van der Waals surface area contributed by atoms with Crippen LogP contribution in [-0.2, 0) is 20.8 Å². The second-order valence-corrected chi connectivity index (χ2v) is 14.2. The van der Waals surface area contributed by atoms with Crippen molar-refractivity contribution in [1.82, 2.24) is 5.06 Å². The highest BCUT2D eigenvalue weighted by atomic mass is 35.5. The van der Waals surface area contributed by atoms with Gasteiger partial charge in [-0.3, -0.25) is 14.4 Å². The van der Waals surface area contributed by atoms with Gasteiger partial charge in [-0.25, -0.2) is 8.78 Å². The quantitative estimate of drug-likeness (QED) is 0.434. The van der Waals surface area contributed by atoms with Gasteiger partial charge in [0, 0.05) is 35.8 Å². The Bertz CT molecular complexity index is 1260. The summed E-state index contributed by atoms with van der Waals surface area (Å²) in [4.78, 5) is 32.6. The van der Waals surface area contributed by atoms with Crippen LogP contribution in [-0.4, -0.2) is 62.9 Å². The Morgan fingerprint density at radius 2 is 1.98 bits per heavy atom. The molecule has 9 atom stereocenters. The molecule has 0 radical (unpaired) electrons. The van der Waals surface area contributed by atoms with Crippen LogP contribution in [0.15, 0.2) is 54.1 Å². The predicted molar refractivity (Wildman–Crippen MR) is 151 cm³/mol. The van der Waals surface area contributed by atoms with Crippen LogP contribution in [0.4, 0.5) is 8.78 Å². The molecule has 9 heteroatoms. The first kappa shape index (κ1) is 28.5. The number of carbonyl (C=O) groups is 2. The number of hydrogen-bond donors (Lipinski definition) is 1. The zero-order valence-electron chi connectivity index (χ0n) is 22.8. The van der Waals surface area contributed by atoms with Crippen molar-refractivity contribution in [3.05, 3.63) is 59.7 Å². The third-order valence-electron chi connectivity index (χ3n) is 10.9. The fourth-order valence-corrected chi connectivity index (χ4v) is 10.1. The lowest BCUT2D eigenvalue weighted by atomic mass is 9.44. The Hall–Kier alpha value is -1.58. The van der Waals surface area contributed by atoms with E-state index in [0.717, 1.165) is 24.6 Å². The molecule has 1 N–H and O–H groups in total. The number of alkyl halides is 3. The number of halogens is 3. The zero-order chi connectivity index (χ0) is 28.5. The van der Waals surface area contributed by atoms with Crippen LogP contribution in [0, 0.1) is 28.6 Å². The predicted octanol–water partition coefficient (Wildman–Crippen LogP) is 5.61. The van der Waals surface area contributed by atoms with Gasteiger partial charge in [-0.2, -0.15) is 5.06 Å². The van der Waals surface area contributed by atoms with E-state index in [4.69, 9.17) is 16.4 Å². The number of nitrogens with zero attached hydrogens (tertiary/aromatic N) is 1. The molecule has 4 fully saturated rings. The molecule has 1 aliphatic heterocycles. The standard InChI is InChI=1S/C31H36ClF2NO4S/c1-28-11-10-21(36)14-24(28)25(33)15-23-22-13-20-17-35(12-6-9-19-7-4-3-5-8-19)39-31(20,27(38)40-18-32)29(22,2)16-26(37)30(23,28)34/h3-5,7-8,10-11,14,20,22-23,25-26,37H,6,9,12-13,15-18H2,1-2H3. The van der Waals surface area contributed by atoms with E-state index < -0.39 is 40.3 Å². The summed E-state index contributed by atoms with van der Waals surface area (Å²) in [7, 11) is 0. The highest BCUT2D eigenvalue weighted by Crippen LogP contribution is 2.73. The molecule has 0 amide bonds. The molecule has 216 valence electrons. The van der Waals surface area contributed by atoms with Gasteiger partial charge in [-0.1, -0.05) is 55.1 Å². The molecule has 0 bridgehead atoms. The molecular weight excluding hydrogens is 556 g/mol. The number of hydrogen-bond acceptors (Lipinski definition) is 6. The fourth-order valence-electron chi connectivity index (χ4n) is 9.06. The van der Waals surface area contributed by atoms with E-state index in [2.05, 4.69) is 12.1 Å². The van der Waals surface area contributed by atoms with E-state index in [0.29, 0.717) is 19.5 Å². The van der Waals surface area contributed by atoms with Crippen LogP contribution in [0.3, 0.4) is 0 Å². The number of fused-ring (bicyclic) bond motifs is 7. The van der Waals surface area contributed by atoms with E-state index in [9.17, 15) is 14.7 Å². The van der Waals surface area contributed by atoms with Gasteiger partial charge in [0.1, 0.15) is 6.17 Å². The maximum absolute atomic E-state index is 17.5. The Balaban J connectivity index is 1.32. The summed E-state index contributed by atoms with van der Waals surface area (Å²) < 4.78 is 33.3. The highest BCUT2D eigenvalue weighted by molar-refractivity contribution is 8.14. The first-order chi connectivity index (χ1) is 19.0. The van der Waals surface area contributed by atoms with Gasteiger partial charge in [0.25, 0.3) is 0 Å². The number of rotatable bonds is 6. The molecule has 6 rings (SSSR count). The summed E-state index contributed by atoms with van der Waals surface area (Å²) in [5.74, 6) is -1.84. The fraction of sp³-hybridized carbons (Fsp3) is 0.613. The highest BCUT2D eigenvalue weighted by Gasteiger charge is 2.79. The smallest absolute Gasteiger partial charge is 0.224 e. The molecule has 1 aromatic carbocycles. The molecule has 9 unspecified atom stereocenters. The summed E-state index contributed by atoms with van der Waals surface area (Å²) >= 11 is 7.02. The van der Waals surface area contributed by atoms with Crippen molar-refractivity contribution >= 4 is 34.3 Å². The minimum atomic E-state index is -2.18. The molecular formula is C31H36ClF2NO4S. The molecule has 4 aliphatic carbocycles. The largest absolute Gasteiger partial charge is 0.390 e. The lowest BCUT2D eigenvalue weighted by Crippen LogP contribution is -2.70. The number of ketones is 1. The third kappa shape index (κ3) is 3.82. The van der Waals surface area contributed by atoms with Crippen LogP contribution in [0.25, 0.3) is 0 Å². The lowest BCUT2D eigenvalue weighted by molar-refractivity contribution is -0.263. The van der Waals surface area contributed by atoms with E-state index in [-0.39, 0.29) is 46.4 Å². The van der Waals surface area contributed by atoms with Crippen molar-refractivity contribution in [2.75, 3.05) is 18.3 Å². The SMILES string of the molecule is CC12C=CC(=O)C=C1C(F)CC1C3CC4CN(CCCc5ccccc5)OC4(C(=O)SCCl)C3(C)CC(O)C12F. The summed E-state index contributed by atoms with van der Waals surface area (Å²) in [6, 6.07) is 10.2. The summed E-state index contributed by atoms with van der Waals surface area (Å²) in [5, 5.41) is 13.4. The van der Waals surface area contributed by atoms with Crippen LogP contribution in [0.5, 0.6) is 0 Å². The summed E-state index contributed by atoms with van der Waals surface area (Å²) in [5.41, 5.74) is -4.51. The monoisotopic (exact) mass is 591 g/mol. The maximum Gasteiger partial charge on any atom is 0.224 e. The number of benzene rings is 1. The van der Waals surface area contributed by atoms with Gasteiger partial charge < -0.3 is 5.11 Å². The second-order valence-electron chi connectivity index (χ2n) is 12.6. The summed E-state index contributed by atoms with van der Waals surface area (Å²) in [6.07, 6.45) is 2.99. The number of allylic oxidation sites excluding steroid dienone is 4. The van der Waals surface area contributed by atoms with Gasteiger partial charge in [-0.05, 0) is 68.2 Å². The van der Waals surface area contributed by atoms with Crippen LogP contribution < -0.4 is 0 Å². The number of aryl methyl sites for hydroxylation is 1. The van der Waals surface area contributed by atoms with Crippen molar-refractivity contribution in [2.45, 2.75) is 69.5 Å². The molecule has 3 saturated carbocycles. The van der Waals surface area contributed by atoms with Gasteiger partial charge in [0.2, 0.25) is 5.12 Å². The van der Waals surface area contributed by atoms with Crippen molar-refractivity contribution in [1.29, 1.82) is 0 Å². The molecule has 1 aromatic rings. The average Bonchev–Trinajstić information content (AvgIpc) is 3.40. The van der Waals surface area contributed by atoms with E-state index in [1.165, 1.54) is 23.8 Å². The maximum atomic E-state index is 17.5. The van der Waals surface area contributed by atoms with Crippen molar-refractivity contribution in [3.63, 3.8) is 0 Å². The molecule has 5 nitrogen and oxygen atoms in total. The van der Waals surface area contributed by atoms with E-state index >= 15 is 8.78 Å². The van der Waals surface area contributed by atoms with E-state index in [1.807, 2.05) is 30.2 Å². The second kappa shape index (κ2) is 10.0. The van der Waals surface area contributed by atoms with Crippen LogP contribution >= 0.6 is 23.4 Å². The molecule has 0 aromatic heterocycles. The van der Waals surface area contributed by atoms with Crippen LogP contribution in [0.1, 0.15) is 45.1 Å². The number of aliphatic hydroxyl groups excluding tert-OH is 1. The first-order valence-electron chi connectivity index (χ1n) is 14.2. The Morgan fingerprint density at radius 3 is 2.70 bits per heavy atom. The molecule has 1 heterocycles. The Labute approximate surface area is 243 Å². The number of thioether (sulfide) groups is 1. The number of hydroxylamine groups is 2. The Morgan fingerprint density at radius 1 is 1.23 bits per heavy atom. The van der Waals surface area contributed by atoms with Crippen LogP contribution in [0.2, 0.25) is 0 Å². The Kier molecular flexibility index (Phi) is 7.14. The average molecular weight is 592 g/mol. The zero-order valence-corrected chi connectivity index (χ0v) is 24.4. The first-order valence-corrected chi connectivity index (χ1v) is 15.7. The van der Waals surface area contributed by atoms with Gasteiger partial charge >= 0.3 is 0 Å². The lowest BCUT2D eigenvalue weighted by Gasteiger charge is -2.63. The third-order valence-corrected chi connectivity index (χ3v) is 11.9. The molecule has 0 spiro atoms. The molecule has 5 aliphatic rings. The van der Waals surface area contributed by atoms with Crippen molar-refractivity contribution < 1.29 is 28.3 Å². The minimum absolute atomic E-state index is 0.00475. The van der Waals surface area contributed by atoms with Crippen molar-refractivity contribution in [3.8, 4) is 0 Å². The molecule has 40 heavy (non-hydrogen) atoms. The van der Waals surface area contributed by atoms with Gasteiger partial charge in [0.05, 0.1) is 11.3 Å². The normalized spacial score (nSPS) is 44.0. The van der Waals surface area contributed by atoms with E-state index in [1.54, 1.807) is 6.92 Å². The molecule has 1 saturated heterocycles. The topological polar surface area (TPSA) is 66.8 Å². The minimum Gasteiger partial charge on any atom is -0.390 e. The number of carbonyl (C=O) groups excluding carboxylic acids is 2. The summed E-state index contributed by atoms with van der Waals surface area (Å²) in [6.45, 7) is 4.65. The van der Waals surface area contributed by atoms with Crippen molar-refractivity contribution in [2.24, 2.45) is 28.6 Å².